The lowest BCUT2D eigenvalue weighted by molar-refractivity contribution is 0.602. The molecule has 2 aromatic heterocycles. The number of rotatable bonds is 3. The van der Waals surface area contributed by atoms with Crippen LogP contribution in [0.1, 0.15) is 6.92 Å². The summed E-state index contributed by atoms with van der Waals surface area (Å²) in [5.74, 6) is 0.00954. The van der Waals surface area contributed by atoms with Gasteiger partial charge in [0.1, 0.15) is 6.33 Å². The summed E-state index contributed by atoms with van der Waals surface area (Å²) >= 11 is 0. The quantitative estimate of drug-likeness (QED) is 0.790. The second-order valence-electron chi connectivity index (χ2n) is 2.85. The van der Waals surface area contributed by atoms with Crippen LogP contribution in [0, 0.1) is 0 Å². The van der Waals surface area contributed by atoms with Crippen LogP contribution in [-0.2, 0) is 10.0 Å². The molecule has 2 aromatic rings. The first-order chi connectivity index (χ1) is 7.12. The Balaban J connectivity index is 2.48. The minimum Gasteiger partial charge on any atom is -0.280 e. The molecule has 0 unspecified atom stereocenters. The molecule has 0 bridgehead atoms. The lowest BCUT2D eigenvalue weighted by atomic mass is 10.5. The fourth-order valence-corrected chi connectivity index (χ4v) is 1.70. The van der Waals surface area contributed by atoms with Crippen molar-refractivity contribution in [3.63, 3.8) is 0 Å². The Kier molecular flexibility index (Phi) is 2.27. The smallest absolute Gasteiger partial charge is 0.232 e. The Hall–Kier alpha value is -1.70. The number of nitrogens with zero attached hydrogens (tertiary/aromatic N) is 4. The first-order valence-electron chi connectivity index (χ1n) is 4.28. The van der Waals surface area contributed by atoms with E-state index < -0.39 is 10.0 Å². The third-order valence-electron chi connectivity index (χ3n) is 1.85. The molecule has 80 valence electrons. The molecule has 0 aliphatic rings. The van der Waals surface area contributed by atoms with Crippen LogP contribution in [0.4, 0.5) is 5.69 Å². The molecule has 7 nitrogen and oxygen atoms in total. The summed E-state index contributed by atoms with van der Waals surface area (Å²) in [5.41, 5.74) is 0.763. The van der Waals surface area contributed by atoms with E-state index in [0.29, 0.717) is 11.3 Å². The van der Waals surface area contributed by atoms with Crippen molar-refractivity contribution in [2.75, 3.05) is 10.5 Å². The van der Waals surface area contributed by atoms with E-state index in [1.807, 2.05) is 0 Å². The van der Waals surface area contributed by atoms with Crippen LogP contribution in [-0.4, -0.2) is 34.0 Å². The molecule has 0 atom stereocenters. The summed E-state index contributed by atoms with van der Waals surface area (Å²) in [7, 11) is -3.30. The fraction of sp³-hybridized carbons (Fsp3) is 0.286. The van der Waals surface area contributed by atoms with Crippen LogP contribution in [0.5, 0.6) is 0 Å². The molecule has 0 spiro atoms. The maximum atomic E-state index is 11.3. The van der Waals surface area contributed by atoms with Gasteiger partial charge in [0.25, 0.3) is 0 Å². The van der Waals surface area contributed by atoms with Gasteiger partial charge >= 0.3 is 0 Å². The average molecular weight is 227 g/mol. The molecule has 0 aromatic carbocycles. The van der Waals surface area contributed by atoms with Gasteiger partial charge in [-0.25, -0.2) is 8.42 Å². The Labute approximate surface area is 86.2 Å². The summed E-state index contributed by atoms with van der Waals surface area (Å²) in [5, 5.41) is 11.3. The highest BCUT2D eigenvalue weighted by Crippen LogP contribution is 2.13. The molecule has 0 radical (unpaired) electrons. The average Bonchev–Trinajstić information content (AvgIpc) is 2.66. The first-order valence-corrected chi connectivity index (χ1v) is 5.93. The third kappa shape index (κ3) is 1.89. The van der Waals surface area contributed by atoms with Crippen LogP contribution < -0.4 is 4.72 Å². The molecule has 0 amide bonds. The number of anilines is 1. The van der Waals surface area contributed by atoms with Crippen molar-refractivity contribution >= 4 is 21.4 Å². The second-order valence-corrected chi connectivity index (χ2v) is 4.86. The molecule has 0 saturated carbocycles. The number of hydrogen-bond donors (Lipinski definition) is 1. The minimum atomic E-state index is -3.30. The van der Waals surface area contributed by atoms with Gasteiger partial charge in [-0.2, -0.15) is 9.61 Å². The van der Waals surface area contributed by atoms with Crippen molar-refractivity contribution < 1.29 is 8.42 Å². The summed E-state index contributed by atoms with van der Waals surface area (Å²) in [6.45, 7) is 1.56. The van der Waals surface area contributed by atoms with E-state index in [4.69, 9.17) is 0 Å². The highest BCUT2D eigenvalue weighted by Gasteiger charge is 2.10. The van der Waals surface area contributed by atoms with Crippen LogP contribution in [0.15, 0.2) is 18.6 Å². The molecule has 8 heteroatoms. The molecule has 1 N–H and O–H groups in total. The SMILES string of the molecule is CCS(=O)(=O)Nc1ccnn2cnnc12. The molecule has 2 rings (SSSR count). The number of aromatic nitrogens is 4. The van der Waals surface area contributed by atoms with Gasteiger partial charge in [0.2, 0.25) is 15.7 Å². The van der Waals surface area contributed by atoms with E-state index in [9.17, 15) is 8.42 Å². The molecular weight excluding hydrogens is 218 g/mol. The number of hydrogen-bond acceptors (Lipinski definition) is 5. The van der Waals surface area contributed by atoms with Crippen molar-refractivity contribution in [3.05, 3.63) is 18.6 Å². The van der Waals surface area contributed by atoms with Gasteiger partial charge in [0, 0.05) is 0 Å². The molecular formula is C7H9N5O2S. The topological polar surface area (TPSA) is 89.2 Å². The highest BCUT2D eigenvalue weighted by molar-refractivity contribution is 7.92. The first kappa shape index (κ1) is 9.84. The second kappa shape index (κ2) is 3.46. The summed E-state index contributed by atoms with van der Waals surface area (Å²) in [6, 6.07) is 1.54. The van der Waals surface area contributed by atoms with E-state index in [1.54, 1.807) is 6.92 Å². The van der Waals surface area contributed by atoms with E-state index >= 15 is 0 Å². The van der Waals surface area contributed by atoms with Crippen molar-refractivity contribution in [2.24, 2.45) is 0 Å². The van der Waals surface area contributed by atoms with E-state index in [2.05, 4.69) is 20.0 Å². The molecule has 0 aliphatic carbocycles. The molecule has 2 heterocycles. The van der Waals surface area contributed by atoms with Crippen LogP contribution in [0.3, 0.4) is 0 Å². The van der Waals surface area contributed by atoms with Gasteiger partial charge < -0.3 is 0 Å². The van der Waals surface area contributed by atoms with Crippen LogP contribution in [0.2, 0.25) is 0 Å². The van der Waals surface area contributed by atoms with Gasteiger partial charge in [0.05, 0.1) is 17.6 Å². The molecule has 15 heavy (non-hydrogen) atoms. The maximum absolute atomic E-state index is 11.3. The lowest BCUT2D eigenvalue weighted by Gasteiger charge is -2.05. The zero-order chi connectivity index (χ0) is 10.9. The predicted octanol–water partition coefficient (Wildman–Crippen LogP) is -0.114. The van der Waals surface area contributed by atoms with Crippen molar-refractivity contribution in [1.82, 2.24) is 19.8 Å². The Morgan fingerprint density at radius 1 is 1.53 bits per heavy atom. The van der Waals surface area contributed by atoms with Crippen molar-refractivity contribution in [1.29, 1.82) is 0 Å². The number of sulfonamides is 1. The largest absolute Gasteiger partial charge is 0.280 e. The van der Waals surface area contributed by atoms with Gasteiger partial charge in [-0.05, 0) is 13.0 Å². The Morgan fingerprint density at radius 3 is 3.07 bits per heavy atom. The highest BCUT2D eigenvalue weighted by atomic mass is 32.2. The molecule has 0 aliphatic heterocycles. The van der Waals surface area contributed by atoms with Gasteiger partial charge in [-0.15, -0.1) is 10.2 Å². The fourth-order valence-electron chi connectivity index (χ4n) is 1.07. The molecule has 0 fully saturated rings. The number of fused-ring (bicyclic) bond motifs is 1. The van der Waals surface area contributed by atoms with Crippen molar-refractivity contribution in [3.8, 4) is 0 Å². The van der Waals surface area contributed by atoms with E-state index in [1.165, 1.54) is 23.1 Å². The minimum absolute atomic E-state index is 0.00954. The Bertz CT molecular complexity index is 576. The molecule has 0 saturated heterocycles. The summed E-state index contributed by atoms with van der Waals surface area (Å²) in [6.07, 6.45) is 2.88. The van der Waals surface area contributed by atoms with Crippen LogP contribution in [0.25, 0.3) is 5.65 Å². The van der Waals surface area contributed by atoms with Crippen molar-refractivity contribution in [2.45, 2.75) is 6.92 Å². The summed E-state index contributed by atoms with van der Waals surface area (Å²) in [4.78, 5) is 0. The maximum Gasteiger partial charge on any atom is 0.232 e. The standard InChI is InChI=1S/C7H9N5O2S/c1-2-15(13,14)11-6-3-4-9-12-5-8-10-7(6)12/h3-5,11H,2H2,1H3. The van der Waals surface area contributed by atoms with Gasteiger partial charge in [-0.3, -0.25) is 4.72 Å². The zero-order valence-corrected chi connectivity index (χ0v) is 8.77. The predicted molar refractivity (Wildman–Crippen MR) is 53.9 cm³/mol. The summed E-state index contributed by atoms with van der Waals surface area (Å²) < 4.78 is 26.5. The zero-order valence-electron chi connectivity index (χ0n) is 7.95. The van der Waals surface area contributed by atoms with Crippen LogP contribution >= 0.6 is 0 Å². The van der Waals surface area contributed by atoms with E-state index in [-0.39, 0.29) is 5.75 Å². The lowest BCUT2D eigenvalue weighted by Crippen LogP contribution is -2.15. The van der Waals surface area contributed by atoms with E-state index in [0.717, 1.165) is 0 Å². The third-order valence-corrected chi connectivity index (χ3v) is 3.14. The Morgan fingerprint density at radius 2 is 2.33 bits per heavy atom. The van der Waals surface area contributed by atoms with Gasteiger partial charge in [-0.1, -0.05) is 0 Å². The van der Waals surface area contributed by atoms with Gasteiger partial charge in [0.15, 0.2) is 0 Å². The monoisotopic (exact) mass is 227 g/mol. The normalized spacial score (nSPS) is 11.8. The number of nitrogens with one attached hydrogen (secondary N) is 1.